The summed E-state index contributed by atoms with van der Waals surface area (Å²) in [6, 6.07) is 7.21. The largest absolute Gasteiger partial charge is 0.314 e. The Morgan fingerprint density at radius 3 is 2.67 bits per heavy atom. The third-order valence-corrected chi connectivity index (χ3v) is 3.22. The molecule has 1 heteroatoms. The summed E-state index contributed by atoms with van der Waals surface area (Å²) in [5.41, 5.74) is 4.32. The Balaban J connectivity index is 2.47. The summed E-state index contributed by atoms with van der Waals surface area (Å²) in [4.78, 5) is 0. The minimum absolute atomic E-state index is 0.634. The van der Waals surface area contributed by atoms with Crippen LogP contribution in [0.1, 0.15) is 37.0 Å². The fourth-order valence-electron chi connectivity index (χ4n) is 1.68. The van der Waals surface area contributed by atoms with E-state index in [1.165, 1.54) is 23.1 Å². The Hall–Kier alpha value is -0.820. The number of benzene rings is 1. The fourth-order valence-corrected chi connectivity index (χ4v) is 1.68. The zero-order valence-corrected chi connectivity index (χ0v) is 10.4. The second-order valence-electron chi connectivity index (χ2n) is 4.37. The van der Waals surface area contributed by atoms with Crippen LogP contribution in [0, 0.1) is 13.8 Å². The predicted octanol–water partition coefficient (Wildman–Crippen LogP) is 3.23. The molecule has 1 atom stereocenters. The van der Waals surface area contributed by atoms with Crippen molar-refractivity contribution in [1.29, 1.82) is 0 Å². The van der Waals surface area contributed by atoms with Crippen LogP contribution in [-0.2, 0) is 6.42 Å². The van der Waals surface area contributed by atoms with E-state index in [0.29, 0.717) is 6.04 Å². The van der Waals surface area contributed by atoms with Gasteiger partial charge in [-0.15, -0.1) is 0 Å². The van der Waals surface area contributed by atoms with Gasteiger partial charge < -0.3 is 5.32 Å². The Labute approximate surface area is 93.9 Å². The molecule has 0 spiro atoms. The summed E-state index contributed by atoms with van der Waals surface area (Å²) in [7, 11) is 0. The van der Waals surface area contributed by atoms with Crippen molar-refractivity contribution in [2.24, 2.45) is 0 Å². The maximum Gasteiger partial charge on any atom is 0.00362 e. The molecule has 1 aromatic rings. The first kappa shape index (κ1) is 12.3. The Kier molecular flexibility index (Phi) is 4.83. The third-order valence-electron chi connectivity index (χ3n) is 3.22. The topological polar surface area (TPSA) is 12.0 Å². The molecule has 0 saturated carbocycles. The van der Waals surface area contributed by atoms with Crippen molar-refractivity contribution in [2.75, 3.05) is 6.54 Å². The lowest BCUT2D eigenvalue weighted by Gasteiger charge is -2.13. The normalized spacial score (nSPS) is 12.8. The lowest BCUT2D eigenvalue weighted by Crippen LogP contribution is -2.27. The second kappa shape index (κ2) is 5.92. The van der Waals surface area contributed by atoms with Crippen LogP contribution in [0.2, 0.25) is 0 Å². The van der Waals surface area contributed by atoms with Crippen LogP contribution in [0.4, 0.5) is 0 Å². The quantitative estimate of drug-likeness (QED) is 0.778. The smallest absolute Gasteiger partial charge is 0.00362 e. The van der Waals surface area contributed by atoms with E-state index in [-0.39, 0.29) is 0 Å². The SMILES string of the molecule is CCC(C)NCCc1cccc(C)c1C. The van der Waals surface area contributed by atoms with Crippen LogP contribution in [-0.4, -0.2) is 12.6 Å². The van der Waals surface area contributed by atoms with E-state index < -0.39 is 0 Å². The van der Waals surface area contributed by atoms with Crippen molar-refractivity contribution in [3.8, 4) is 0 Å². The molecule has 0 amide bonds. The summed E-state index contributed by atoms with van der Waals surface area (Å²) >= 11 is 0. The van der Waals surface area contributed by atoms with Crippen molar-refractivity contribution >= 4 is 0 Å². The van der Waals surface area contributed by atoms with Crippen molar-refractivity contribution in [3.05, 3.63) is 34.9 Å². The maximum atomic E-state index is 3.53. The average Bonchev–Trinajstić information content (AvgIpc) is 2.24. The fraction of sp³-hybridized carbons (Fsp3) is 0.571. The van der Waals surface area contributed by atoms with Gasteiger partial charge in [0.25, 0.3) is 0 Å². The van der Waals surface area contributed by atoms with Gasteiger partial charge in [-0.05, 0) is 56.8 Å². The molecule has 0 heterocycles. The number of aryl methyl sites for hydroxylation is 1. The highest BCUT2D eigenvalue weighted by molar-refractivity contribution is 5.33. The van der Waals surface area contributed by atoms with Gasteiger partial charge in [-0.2, -0.15) is 0 Å². The standard InChI is InChI=1S/C14H23N/c1-5-12(3)15-10-9-14-8-6-7-11(2)13(14)4/h6-8,12,15H,5,9-10H2,1-4H3. The monoisotopic (exact) mass is 205 g/mol. The summed E-state index contributed by atoms with van der Waals surface area (Å²) in [5, 5.41) is 3.53. The lowest BCUT2D eigenvalue weighted by atomic mass is 10.0. The average molecular weight is 205 g/mol. The van der Waals surface area contributed by atoms with Crippen LogP contribution < -0.4 is 5.32 Å². The van der Waals surface area contributed by atoms with Gasteiger partial charge in [-0.1, -0.05) is 25.1 Å². The molecule has 84 valence electrons. The van der Waals surface area contributed by atoms with Crippen LogP contribution in [0.25, 0.3) is 0 Å². The zero-order chi connectivity index (χ0) is 11.3. The van der Waals surface area contributed by atoms with Gasteiger partial charge in [0.2, 0.25) is 0 Å². The molecule has 1 rings (SSSR count). The third kappa shape index (κ3) is 3.67. The molecule has 0 saturated heterocycles. The number of nitrogens with one attached hydrogen (secondary N) is 1. The lowest BCUT2D eigenvalue weighted by molar-refractivity contribution is 0.537. The van der Waals surface area contributed by atoms with Crippen LogP contribution >= 0.6 is 0 Å². The van der Waals surface area contributed by atoms with E-state index in [0.717, 1.165) is 13.0 Å². The molecule has 0 bridgehead atoms. The van der Waals surface area contributed by atoms with Gasteiger partial charge in [0, 0.05) is 6.04 Å². The molecule has 0 fully saturated rings. The van der Waals surface area contributed by atoms with E-state index in [1.54, 1.807) is 0 Å². The molecule has 0 aliphatic rings. The second-order valence-corrected chi connectivity index (χ2v) is 4.37. The Bertz CT molecular complexity index is 304. The van der Waals surface area contributed by atoms with E-state index >= 15 is 0 Å². The first-order valence-electron chi connectivity index (χ1n) is 5.93. The molecule has 0 aliphatic heterocycles. The van der Waals surface area contributed by atoms with Crippen LogP contribution in [0.3, 0.4) is 0 Å². The van der Waals surface area contributed by atoms with Gasteiger partial charge in [0.1, 0.15) is 0 Å². The van der Waals surface area contributed by atoms with Crippen molar-refractivity contribution < 1.29 is 0 Å². The Morgan fingerprint density at radius 1 is 1.27 bits per heavy atom. The van der Waals surface area contributed by atoms with E-state index in [2.05, 4.69) is 51.2 Å². The van der Waals surface area contributed by atoms with Crippen LogP contribution in [0.15, 0.2) is 18.2 Å². The molecular weight excluding hydrogens is 182 g/mol. The number of hydrogen-bond acceptors (Lipinski definition) is 1. The number of hydrogen-bond donors (Lipinski definition) is 1. The van der Waals surface area contributed by atoms with Gasteiger partial charge in [0.05, 0.1) is 0 Å². The van der Waals surface area contributed by atoms with Gasteiger partial charge >= 0.3 is 0 Å². The molecule has 1 aromatic carbocycles. The molecule has 0 aromatic heterocycles. The summed E-state index contributed by atoms with van der Waals surface area (Å²) in [5.74, 6) is 0. The molecule has 1 N–H and O–H groups in total. The first-order valence-corrected chi connectivity index (χ1v) is 5.93. The van der Waals surface area contributed by atoms with Gasteiger partial charge in [-0.3, -0.25) is 0 Å². The number of rotatable bonds is 5. The van der Waals surface area contributed by atoms with Crippen molar-refractivity contribution in [2.45, 2.75) is 46.6 Å². The van der Waals surface area contributed by atoms with Gasteiger partial charge in [0.15, 0.2) is 0 Å². The highest BCUT2D eigenvalue weighted by atomic mass is 14.9. The van der Waals surface area contributed by atoms with Crippen LogP contribution in [0.5, 0.6) is 0 Å². The molecule has 1 unspecified atom stereocenters. The molecule has 1 nitrogen and oxygen atoms in total. The highest BCUT2D eigenvalue weighted by Gasteiger charge is 2.01. The molecular formula is C14H23N. The molecule has 0 aliphatic carbocycles. The minimum Gasteiger partial charge on any atom is -0.314 e. The first-order chi connectivity index (χ1) is 7.15. The summed E-state index contributed by atoms with van der Waals surface area (Å²) in [6.45, 7) is 9.94. The van der Waals surface area contributed by atoms with Gasteiger partial charge in [-0.25, -0.2) is 0 Å². The van der Waals surface area contributed by atoms with E-state index in [9.17, 15) is 0 Å². The molecule has 15 heavy (non-hydrogen) atoms. The minimum atomic E-state index is 0.634. The zero-order valence-electron chi connectivity index (χ0n) is 10.4. The van der Waals surface area contributed by atoms with Crippen molar-refractivity contribution in [1.82, 2.24) is 5.32 Å². The molecule has 0 radical (unpaired) electrons. The Morgan fingerprint density at radius 2 is 2.00 bits per heavy atom. The summed E-state index contributed by atoms with van der Waals surface area (Å²) < 4.78 is 0. The van der Waals surface area contributed by atoms with E-state index in [4.69, 9.17) is 0 Å². The summed E-state index contributed by atoms with van der Waals surface area (Å²) in [6.07, 6.45) is 2.34. The van der Waals surface area contributed by atoms with E-state index in [1.807, 2.05) is 0 Å². The van der Waals surface area contributed by atoms with Crippen molar-refractivity contribution in [3.63, 3.8) is 0 Å². The highest BCUT2D eigenvalue weighted by Crippen LogP contribution is 2.12. The predicted molar refractivity (Wildman–Crippen MR) is 67.4 cm³/mol. The maximum absolute atomic E-state index is 3.53.